The molecular weight excluding hydrogens is 454 g/mol. The molecule has 1 atom stereocenters. The molecule has 3 aromatic rings. The predicted octanol–water partition coefficient (Wildman–Crippen LogP) is 3.87. The highest BCUT2D eigenvalue weighted by molar-refractivity contribution is 7.07. The average molecular weight is 480 g/mol. The van der Waals surface area contributed by atoms with Gasteiger partial charge in [0.05, 0.1) is 17.7 Å². The maximum Gasteiger partial charge on any atom is 0.407 e. The number of nitrogens with zero attached hydrogens (tertiary/aromatic N) is 2. The molecule has 0 fully saturated rings. The summed E-state index contributed by atoms with van der Waals surface area (Å²) in [6.07, 6.45) is -1.06. The highest BCUT2D eigenvalue weighted by Crippen LogP contribution is 2.44. The summed E-state index contributed by atoms with van der Waals surface area (Å²) in [7, 11) is 1.59. The number of carbonyl (C=O) groups excluding carboxylic acids is 2. The minimum absolute atomic E-state index is 0.0419. The highest BCUT2D eigenvalue weighted by atomic mass is 32.1. The predicted molar refractivity (Wildman–Crippen MR) is 127 cm³/mol. The first kappa shape index (κ1) is 23.4. The molecule has 1 heterocycles. The van der Waals surface area contributed by atoms with Crippen molar-refractivity contribution in [2.45, 2.75) is 31.3 Å². The van der Waals surface area contributed by atoms with E-state index >= 15 is 0 Å². The Hall–Kier alpha value is -3.72. The van der Waals surface area contributed by atoms with Crippen molar-refractivity contribution in [1.82, 2.24) is 15.2 Å². The lowest BCUT2D eigenvalue weighted by molar-refractivity contribution is -0.138. The standard InChI is InChI=1S/C25H25N3O5S/c1-28(12-16-14-34-15-26-16)24(31)22(10-11-23(29)30)27-25(32)33-13-21-19-8-4-2-6-17(19)18-7-3-5-9-20(18)21/h2-9,14-15,21-22H,10-13H2,1H3,(H,27,32)(H,29,30). The lowest BCUT2D eigenvalue weighted by atomic mass is 9.98. The number of thiazole rings is 1. The SMILES string of the molecule is CN(Cc1cscn1)C(=O)C(CCC(=O)O)NC(=O)OCC1c2ccccc2-c2ccccc21. The number of hydrogen-bond acceptors (Lipinski definition) is 6. The summed E-state index contributed by atoms with van der Waals surface area (Å²) < 4.78 is 5.53. The van der Waals surface area contributed by atoms with Crippen molar-refractivity contribution in [3.63, 3.8) is 0 Å². The van der Waals surface area contributed by atoms with Crippen molar-refractivity contribution in [3.05, 3.63) is 76.2 Å². The Morgan fingerprint density at radius 3 is 2.35 bits per heavy atom. The number of aromatic nitrogens is 1. The van der Waals surface area contributed by atoms with Crippen LogP contribution in [0.1, 0.15) is 35.6 Å². The van der Waals surface area contributed by atoms with Crippen LogP contribution in [-0.4, -0.2) is 52.7 Å². The molecule has 8 nitrogen and oxygen atoms in total. The van der Waals surface area contributed by atoms with Crippen LogP contribution in [0.3, 0.4) is 0 Å². The molecular formula is C25H25N3O5S. The Balaban J connectivity index is 1.41. The summed E-state index contributed by atoms with van der Waals surface area (Å²) >= 11 is 1.42. The minimum Gasteiger partial charge on any atom is -0.481 e. The van der Waals surface area contributed by atoms with Gasteiger partial charge < -0.3 is 20.1 Å². The second-order valence-corrected chi connectivity index (χ2v) is 8.85. The molecule has 176 valence electrons. The van der Waals surface area contributed by atoms with Gasteiger partial charge >= 0.3 is 12.1 Å². The van der Waals surface area contributed by atoms with Gasteiger partial charge in [0.15, 0.2) is 0 Å². The Morgan fingerprint density at radius 1 is 1.12 bits per heavy atom. The molecule has 9 heteroatoms. The quantitative estimate of drug-likeness (QED) is 0.482. The van der Waals surface area contributed by atoms with Gasteiger partial charge in [0.25, 0.3) is 0 Å². The largest absolute Gasteiger partial charge is 0.481 e. The van der Waals surface area contributed by atoms with Gasteiger partial charge in [0, 0.05) is 24.8 Å². The van der Waals surface area contributed by atoms with E-state index in [9.17, 15) is 14.4 Å². The molecule has 2 aromatic carbocycles. The molecule has 0 spiro atoms. The van der Waals surface area contributed by atoms with E-state index in [1.54, 1.807) is 12.6 Å². The minimum atomic E-state index is -1.05. The number of rotatable bonds is 9. The molecule has 0 saturated carbocycles. The van der Waals surface area contributed by atoms with Crippen molar-refractivity contribution in [2.24, 2.45) is 0 Å². The van der Waals surface area contributed by atoms with Crippen LogP contribution in [0, 0.1) is 0 Å². The maximum atomic E-state index is 12.9. The first-order valence-corrected chi connectivity index (χ1v) is 11.8. The molecule has 0 bridgehead atoms. The van der Waals surface area contributed by atoms with Crippen LogP contribution in [0.15, 0.2) is 59.4 Å². The van der Waals surface area contributed by atoms with Gasteiger partial charge in [-0.2, -0.15) is 0 Å². The molecule has 0 aliphatic heterocycles. The lowest BCUT2D eigenvalue weighted by Gasteiger charge is -2.24. The van der Waals surface area contributed by atoms with Crippen molar-refractivity contribution in [3.8, 4) is 11.1 Å². The zero-order valence-electron chi connectivity index (χ0n) is 18.6. The van der Waals surface area contributed by atoms with Gasteiger partial charge in [0.2, 0.25) is 5.91 Å². The number of carboxylic acid groups (broad SMARTS) is 1. The summed E-state index contributed by atoms with van der Waals surface area (Å²) in [5, 5.41) is 13.5. The number of hydrogen-bond donors (Lipinski definition) is 2. The third-order valence-electron chi connectivity index (χ3n) is 5.84. The summed E-state index contributed by atoms with van der Waals surface area (Å²) in [6.45, 7) is 0.368. The van der Waals surface area contributed by atoms with Gasteiger partial charge in [-0.1, -0.05) is 48.5 Å². The van der Waals surface area contributed by atoms with Crippen LogP contribution in [0.25, 0.3) is 11.1 Å². The monoisotopic (exact) mass is 479 g/mol. The molecule has 1 aliphatic rings. The topological polar surface area (TPSA) is 109 Å². The molecule has 34 heavy (non-hydrogen) atoms. The second kappa shape index (κ2) is 10.5. The van der Waals surface area contributed by atoms with E-state index in [0.29, 0.717) is 0 Å². The van der Waals surface area contributed by atoms with Crippen LogP contribution in [0.2, 0.25) is 0 Å². The fourth-order valence-corrected chi connectivity index (χ4v) is 4.76. The fourth-order valence-electron chi connectivity index (χ4n) is 4.21. The number of likely N-dealkylation sites (N-methyl/N-ethyl adjacent to an activating group) is 1. The maximum absolute atomic E-state index is 12.9. The van der Waals surface area contributed by atoms with Gasteiger partial charge in [0.1, 0.15) is 12.6 Å². The molecule has 4 rings (SSSR count). The first-order chi connectivity index (χ1) is 16.4. The molecule has 1 aromatic heterocycles. The van der Waals surface area contributed by atoms with Crippen molar-refractivity contribution >= 4 is 29.3 Å². The fraction of sp³-hybridized carbons (Fsp3) is 0.280. The highest BCUT2D eigenvalue weighted by Gasteiger charge is 2.30. The zero-order valence-corrected chi connectivity index (χ0v) is 19.5. The number of amides is 2. The van der Waals surface area contributed by atoms with Gasteiger partial charge in [-0.05, 0) is 28.7 Å². The van der Waals surface area contributed by atoms with E-state index in [0.717, 1.165) is 27.9 Å². The summed E-state index contributed by atoms with van der Waals surface area (Å²) in [4.78, 5) is 42.3. The summed E-state index contributed by atoms with van der Waals surface area (Å²) in [5.41, 5.74) is 6.79. The van der Waals surface area contributed by atoms with Crippen LogP contribution >= 0.6 is 11.3 Å². The number of carbonyl (C=O) groups is 3. The Morgan fingerprint density at radius 2 is 1.76 bits per heavy atom. The van der Waals surface area contributed by atoms with Crippen molar-refractivity contribution in [1.29, 1.82) is 0 Å². The van der Waals surface area contributed by atoms with Crippen molar-refractivity contribution in [2.75, 3.05) is 13.7 Å². The van der Waals surface area contributed by atoms with Crippen LogP contribution in [-0.2, 0) is 20.9 Å². The van der Waals surface area contributed by atoms with Crippen LogP contribution in [0.5, 0.6) is 0 Å². The Labute approximate surface area is 201 Å². The van der Waals surface area contributed by atoms with E-state index in [4.69, 9.17) is 9.84 Å². The van der Waals surface area contributed by atoms with E-state index < -0.39 is 24.0 Å². The number of nitrogens with one attached hydrogen (secondary N) is 1. The number of ether oxygens (including phenoxy) is 1. The number of benzene rings is 2. The van der Waals surface area contributed by atoms with Gasteiger partial charge in [-0.15, -0.1) is 11.3 Å². The van der Waals surface area contributed by atoms with Crippen LogP contribution in [0.4, 0.5) is 4.79 Å². The van der Waals surface area contributed by atoms with E-state index in [-0.39, 0.29) is 31.9 Å². The average Bonchev–Trinajstić information content (AvgIpc) is 3.46. The van der Waals surface area contributed by atoms with Gasteiger partial charge in [-0.25, -0.2) is 9.78 Å². The lowest BCUT2D eigenvalue weighted by Crippen LogP contribution is -2.47. The molecule has 2 amide bonds. The summed E-state index contributed by atoms with van der Waals surface area (Å²) in [5.74, 6) is -1.56. The second-order valence-electron chi connectivity index (χ2n) is 8.13. The third kappa shape index (κ3) is 5.26. The van der Waals surface area contributed by atoms with E-state index in [1.807, 2.05) is 53.9 Å². The van der Waals surface area contributed by atoms with E-state index in [1.165, 1.54) is 16.2 Å². The molecule has 2 N–H and O–H groups in total. The van der Waals surface area contributed by atoms with Crippen molar-refractivity contribution < 1.29 is 24.2 Å². The number of aliphatic carboxylic acids is 1. The first-order valence-electron chi connectivity index (χ1n) is 10.9. The number of carboxylic acids is 1. The Bertz CT molecular complexity index is 1140. The smallest absolute Gasteiger partial charge is 0.407 e. The normalized spacial score (nSPS) is 13.0. The molecule has 1 unspecified atom stereocenters. The van der Waals surface area contributed by atoms with Crippen LogP contribution < -0.4 is 5.32 Å². The number of fused-ring (bicyclic) bond motifs is 3. The molecule has 0 radical (unpaired) electrons. The number of alkyl carbamates (subject to hydrolysis) is 1. The van der Waals surface area contributed by atoms with E-state index in [2.05, 4.69) is 10.3 Å². The molecule has 0 saturated heterocycles. The third-order valence-corrected chi connectivity index (χ3v) is 6.47. The summed E-state index contributed by atoms with van der Waals surface area (Å²) in [6, 6.07) is 15.0. The zero-order chi connectivity index (χ0) is 24.1. The Kier molecular flexibility index (Phi) is 7.22. The molecule has 1 aliphatic carbocycles. The van der Waals surface area contributed by atoms with Gasteiger partial charge in [-0.3, -0.25) is 9.59 Å².